The van der Waals surface area contributed by atoms with E-state index in [0.717, 1.165) is 5.56 Å². The summed E-state index contributed by atoms with van der Waals surface area (Å²) in [7, 11) is 0. The van der Waals surface area contributed by atoms with Crippen molar-refractivity contribution in [3.63, 3.8) is 0 Å². The molecule has 0 aliphatic carbocycles. The number of hydrogen-bond acceptors (Lipinski definition) is 15. The molecule has 0 saturated carbocycles. The van der Waals surface area contributed by atoms with Crippen molar-refractivity contribution in [1.29, 1.82) is 0 Å². The first kappa shape index (κ1) is 54.4. The monoisotopic (exact) mass is 860 g/mol. The second kappa shape index (κ2) is 35.0. The average Bonchev–Trinajstić information content (AvgIpc) is 3.18. The highest BCUT2D eigenvalue weighted by Crippen LogP contribution is 2.12. The van der Waals surface area contributed by atoms with Gasteiger partial charge in [0.15, 0.2) is 0 Å². The van der Waals surface area contributed by atoms with Crippen LogP contribution in [0.2, 0.25) is 0 Å². The highest BCUT2D eigenvalue weighted by Gasteiger charge is 2.26. The van der Waals surface area contributed by atoms with Crippen LogP contribution in [0.3, 0.4) is 0 Å². The minimum Gasteiger partial charge on any atom is -0.458 e. The Morgan fingerprint density at radius 3 is 1.42 bits per heavy atom. The third kappa shape index (κ3) is 36.2. The molecule has 3 amide bonds. The lowest BCUT2D eigenvalue weighted by Gasteiger charge is -2.24. The molecule has 0 heterocycles. The van der Waals surface area contributed by atoms with Crippen LogP contribution in [-0.2, 0) is 68.3 Å². The van der Waals surface area contributed by atoms with Gasteiger partial charge in [0.05, 0.1) is 106 Å². The Morgan fingerprint density at radius 1 is 0.517 bits per heavy atom. The molecule has 18 nitrogen and oxygen atoms in total. The molecule has 18 heteroatoms. The van der Waals surface area contributed by atoms with Crippen LogP contribution in [0, 0.1) is 0 Å². The summed E-state index contributed by atoms with van der Waals surface area (Å²) in [5, 5.41) is 8.09. The molecule has 0 aliphatic heterocycles. The molecule has 60 heavy (non-hydrogen) atoms. The number of benzene rings is 1. The maximum atomic E-state index is 12.8. The molecule has 3 N–H and O–H groups in total. The summed E-state index contributed by atoms with van der Waals surface area (Å²) in [4.78, 5) is 48.9. The van der Waals surface area contributed by atoms with Crippen molar-refractivity contribution in [2.24, 2.45) is 0 Å². The summed E-state index contributed by atoms with van der Waals surface area (Å²) >= 11 is 0. The first-order valence-corrected chi connectivity index (χ1v) is 20.8. The number of rotatable bonds is 36. The quantitative estimate of drug-likeness (QED) is 0.0496. The molecular weight excluding hydrogens is 786 g/mol. The minimum atomic E-state index is -0.819. The van der Waals surface area contributed by atoms with Crippen LogP contribution in [0.1, 0.15) is 72.8 Å². The van der Waals surface area contributed by atoms with Gasteiger partial charge in [-0.3, -0.25) is 4.79 Å². The zero-order valence-corrected chi connectivity index (χ0v) is 36.9. The second-order valence-electron chi connectivity index (χ2n) is 15.2. The third-order valence-corrected chi connectivity index (χ3v) is 7.42. The summed E-state index contributed by atoms with van der Waals surface area (Å²) in [5.74, 6) is -0.837. The maximum absolute atomic E-state index is 12.8. The number of carbonyl (C=O) groups is 4. The van der Waals surface area contributed by atoms with E-state index in [-0.39, 0.29) is 25.5 Å². The van der Waals surface area contributed by atoms with Gasteiger partial charge < -0.3 is 68.1 Å². The van der Waals surface area contributed by atoms with Crippen LogP contribution in [-0.4, -0.2) is 160 Å². The SMILES string of the molecule is CC(C)(C)OC(=O)NCCOCCOCCOCCOCCOCCOCCOCCOCCC(=O)N[C@@H](CCCCNC(=O)OCc1ccccc1)C(=O)OC(C)(C)C. The fourth-order valence-corrected chi connectivity index (χ4v) is 4.67. The van der Waals surface area contributed by atoms with Gasteiger partial charge in [-0.2, -0.15) is 0 Å². The Balaban J connectivity index is 1.93. The molecule has 0 aromatic heterocycles. The van der Waals surface area contributed by atoms with E-state index in [4.69, 9.17) is 52.1 Å². The molecule has 346 valence electrons. The van der Waals surface area contributed by atoms with Gasteiger partial charge in [-0.1, -0.05) is 30.3 Å². The lowest BCUT2D eigenvalue weighted by Crippen LogP contribution is -2.44. The summed E-state index contributed by atoms with van der Waals surface area (Å²) < 4.78 is 59.6. The number of carbonyl (C=O) groups excluding carboxylic acids is 4. The van der Waals surface area contributed by atoms with Crippen molar-refractivity contribution >= 4 is 24.1 Å². The number of nitrogens with one attached hydrogen (secondary N) is 3. The fraction of sp³-hybridized carbons (Fsp3) is 0.762. The van der Waals surface area contributed by atoms with E-state index in [1.807, 2.05) is 51.1 Å². The highest BCUT2D eigenvalue weighted by molar-refractivity contribution is 5.84. The fourth-order valence-electron chi connectivity index (χ4n) is 4.67. The third-order valence-electron chi connectivity index (χ3n) is 7.42. The van der Waals surface area contributed by atoms with Crippen molar-refractivity contribution < 1.29 is 71.3 Å². The minimum absolute atomic E-state index is 0.0735. The predicted octanol–water partition coefficient (Wildman–Crippen LogP) is 3.96. The van der Waals surface area contributed by atoms with Gasteiger partial charge in [-0.05, 0) is 66.4 Å². The Hall–Kier alpha value is -3.62. The summed E-state index contributed by atoms with van der Waals surface area (Å²) in [6.07, 6.45) is 0.603. The van der Waals surface area contributed by atoms with Crippen LogP contribution in [0.5, 0.6) is 0 Å². The van der Waals surface area contributed by atoms with Gasteiger partial charge in [0.2, 0.25) is 5.91 Å². The molecule has 1 aromatic carbocycles. The zero-order chi connectivity index (χ0) is 44.2. The number of ether oxygens (including phenoxy) is 11. The average molecular weight is 860 g/mol. The Labute approximate surface area is 356 Å². The predicted molar refractivity (Wildman–Crippen MR) is 222 cm³/mol. The number of alkyl carbamates (subject to hydrolysis) is 2. The van der Waals surface area contributed by atoms with Crippen LogP contribution in [0.15, 0.2) is 30.3 Å². The van der Waals surface area contributed by atoms with Crippen molar-refractivity contribution in [2.45, 2.75) is 91.1 Å². The van der Waals surface area contributed by atoms with Gasteiger partial charge in [0.1, 0.15) is 23.9 Å². The van der Waals surface area contributed by atoms with E-state index in [2.05, 4.69) is 16.0 Å². The molecule has 1 aromatic rings. The van der Waals surface area contributed by atoms with E-state index in [1.54, 1.807) is 20.8 Å². The molecule has 0 saturated heterocycles. The molecule has 0 aliphatic rings. The molecular formula is C42H73N3O15. The molecule has 0 unspecified atom stereocenters. The maximum Gasteiger partial charge on any atom is 0.407 e. The smallest absolute Gasteiger partial charge is 0.407 e. The molecule has 1 atom stereocenters. The number of hydrogen-bond donors (Lipinski definition) is 3. The number of esters is 1. The largest absolute Gasteiger partial charge is 0.458 e. The van der Waals surface area contributed by atoms with Gasteiger partial charge in [-0.25, -0.2) is 14.4 Å². The second-order valence-corrected chi connectivity index (χ2v) is 15.2. The molecule has 0 bridgehead atoms. The van der Waals surface area contributed by atoms with Gasteiger partial charge in [-0.15, -0.1) is 0 Å². The first-order chi connectivity index (χ1) is 28.7. The van der Waals surface area contributed by atoms with E-state index >= 15 is 0 Å². The Bertz CT molecular complexity index is 1250. The van der Waals surface area contributed by atoms with Crippen molar-refractivity contribution in [2.75, 3.05) is 119 Å². The lowest BCUT2D eigenvalue weighted by molar-refractivity contribution is -0.159. The standard InChI is InChI=1S/C42H73N3O15/c1-41(2,3)59-38(47)36(14-10-11-16-43-39(48)58-34-35-12-8-7-9-13-35)45-37(46)15-18-50-20-22-52-24-26-54-28-30-56-32-33-57-31-29-55-27-25-53-23-21-51-19-17-44-40(49)60-42(4,5)6/h7-9,12-13,36H,10-11,14-34H2,1-6H3,(H,43,48)(H,44,49)(H,45,46)/t36-/m0/s1. The number of unbranched alkanes of at least 4 members (excludes halogenated alkanes) is 1. The van der Waals surface area contributed by atoms with E-state index in [0.29, 0.717) is 131 Å². The molecule has 0 fully saturated rings. The lowest BCUT2D eigenvalue weighted by atomic mass is 10.1. The molecule has 0 spiro atoms. The number of amides is 3. The van der Waals surface area contributed by atoms with E-state index in [1.165, 1.54) is 0 Å². The molecule has 0 radical (unpaired) electrons. The topological polar surface area (TPSA) is 206 Å². The van der Waals surface area contributed by atoms with Gasteiger partial charge >= 0.3 is 18.2 Å². The van der Waals surface area contributed by atoms with E-state index < -0.39 is 35.4 Å². The van der Waals surface area contributed by atoms with Crippen LogP contribution >= 0.6 is 0 Å². The first-order valence-electron chi connectivity index (χ1n) is 20.8. The van der Waals surface area contributed by atoms with Crippen LogP contribution in [0.25, 0.3) is 0 Å². The van der Waals surface area contributed by atoms with E-state index in [9.17, 15) is 19.2 Å². The highest BCUT2D eigenvalue weighted by atomic mass is 16.6. The van der Waals surface area contributed by atoms with Crippen molar-refractivity contribution in [3.8, 4) is 0 Å². The molecule has 1 rings (SSSR count). The van der Waals surface area contributed by atoms with Gasteiger partial charge in [0, 0.05) is 19.5 Å². The Morgan fingerprint density at radius 2 is 0.950 bits per heavy atom. The van der Waals surface area contributed by atoms with Crippen LogP contribution < -0.4 is 16.0 Å². The summed E-state index contributed by atoms with van der Waals surface area (Å²) in [6.45, 7) is 18.0. The normalized spacial score (nSPS) is 12.1. The van der Waals surface area contributed by atoms with Gasteiger partial charge in [0.25, 0.3) is 0 Å². The van der Waals surface area contributed by atoms with Crippen molar-refractivity contribution in [3.05, 3.63) is 35.9 Å². The summed E-state index contributed by atoms with van der Waals surface area (Å²) in [6, 6.07) is 8.57. The Kier molecular flexibility index (Phi) is 31.8. The van der Waals surface area contributed by atoms with Crippen molar-refractivity contribution in [1.82, 2.24) is 16.0 Å². The van der Waals surface area contributed by atoms with Crippen LogP contribution in [0.4, 0.5) is 9.59 Å². The zero-order valence-electron chi connectivity index (χ0n) is 36.9. The summed E-state index contributed by atoms with van der Waals surface area (Å²) in [5.41, 5.74) is -0.338.